The Labute approximate surface area is 210 Å². The molecule has 0 aromatic heterocycles. The number of hydrogen-bond acceptors (Lipinski definition) is 4. The third-order valence-electron chi connectivity index (χ3n) is 8.95. The van der Waals surface area contributed by atoms with Crippen LogP contribution in [0.2, 0.25) is 5.02 Å². The lowest BCUT2D eigenvalue weighted by Crippen LogP contribution is -2.58. The quantitative estimate of drug-likeness (QED) is 0.609. The van der Waals surface area contributed by atoms with Crippen molar-refractivity contribution in [3.63, 3.8) is 0 Å². The van der Waals surface area contributed by atoms with Gasteiger partial charge < -0.3 is 20.3 Å². The number of carbonyl (C=O) groups excluding carboxylic acids is 3. The average molecular weight is 498 g/mol. The Kier molecular flexibility index (Phi) is 5.49. The SMILES string of the molecule is C[C@H]1[C@H](C)CCC[C@@H]1NC(=O)[C@@H]1N(C2CC2)C(=O)[C@H]2[C@H](C(=O)Nc3ccc(Cl)cc3)[C@H]3C=C[C@@]12O3. The van der Waals surface area contributed by atoms with E-state index < -0.39 is 29.6 Å². The highest BCUT2D eigenvalue weighted by Gasteiger charge is 2.74. The third kappa shape index (κ3) is 3.61. The molecule has 2 aliphatic carbocycles. The lowest BCUT2D eigenvalue weighted by atomic mass is 9.73. The Hall–Kier alpha value is -2.38. The second-order valence-corrected chi connectivity index (χ2v) is 11.5. The first-order valence-corrected chi connectivity index (χ1v) is 13.2. The van der Waals surface area contributed by atoms with Crippen molar-refractivity contribution in [2.45, 2.75) is 75.8 Å². The van der Waals surface area contributed by atoms with Crippen molar-refractivity contribution >= 4 is 35.0 Å². The fourth-order valence-corrected chi connectivity index (χ4v) is 6.88. The lowest BCUT2D eigenvalue weighted by molar-refractivity contribution is -0.142. The summed E-state index contributed by atoms with van der Waals surface area (Å²) in [5.74, 6) is -1.03. The highest BCUT2D eigenvalue weighted by Crippen LogP contribution is 2.57. The average Bonchev–Trinajstić information content (AvgIpc) is 3.42. The molecule has 4 fully saturated rings. The van der Waals surface area contributed by atoms with Crippen molar-refractivity contribution in [2.75, 3.05) is 5.32 Å². The smallest absolute Gasteiger partial charge is 0.246 e. The number of halogens is 1. The predicted octanol–water partition coefficient (Wildman–Crippen LogP) is 3.53. The van der Waals surface area contributed by atoms with Crippen LogP contribution in [-0.4, -0.2) is 52.5 Å². The van der Waals surface area contributed by atoms with Crippen LogP contribution >= 0.6 is 11.6 Å². The maximum absolute atomic E-state index is 13.8. The minimum Gasteiger partial charge on any atom is -0.359 e. The van der Waals surface area contributed by atoms with Gasteiger partial charge in [0.2, 0.25) is 17.7 Å². The molecular formula is C27H32ClN3O4. The first kappa shape index (κ1) is 23.0. The van der Waals surface area contributed by atoms with Crippen LogP contribution < -0.4 is 10.6 Å². The molecule has 7 nitrogen and oxygen atoms in total. The van der Waals surface area contributed by atoms with Crippen molar-refractivity contribution < 1.29 is 19.1 Å². The van der Waals surface area contributed by atoms with E-state index in [9.17, 15) is 14.4 Å². The van der Waals surface area contributed by atoms with E-state index in [1.165, 1.54) is 6.42 Å². The van der Waals surface area contributed by atoms with Crippen LogP contribution in [-0.2, 0) is 19.1 Å². The number of nitrogens with one attached hydrogen (secondary N) is 2. The molecule has 1 aromatic carbocycles. The molecule has 0 radical (unpaired) electrons. The zero-order valence-electron chi connectivity index (χ0n) is 20.1. The summed E-state index contributed by atoms with van der Waals surface area (Å²) < 4.78 is 6.41. The van der Waals surface area contributed by atoms with Crippen molar-refractivity contribution in [1.82, 2.24) is 10.2 Å². The molecule has 3 aliphatic heterocycles. The van der Waals surface area contributed by atoms with Gasteiger partial charge in [0.05, 0.1) is 17.9 Å². The maximum Gasteiger partial charge on any atom is 0.246 e. The molecule has 35 heavy (non-hydrogen) atoms. The van der Waals surface area contributed by atoms with Gasteiger partial charge in [0.25, 0.3) is 0 Å². The van der Waals surface area contributed by atoms with E-state index in [2.05, 4.69) is 24.5 Å². The van der Waals surface area contributed by atoms with E-state index in [0.29, 0.717) is 22.5 Å². The number of rotatable bonds is 5. The fourth-order valence-electron chi connectivity index (χ4n) is 6.76. The molecule has 6 rings (SSSR count). The molecule has 1 aromatic rings. The highest BCUT2D eigenvalue weighted by molar-refractivity contribution is 6.30. The number of hydrogen-bond donors (Lipinski definition) is 2. The number of anilines is 1. The van der Waals surface area contributed by atoms with E-state index in [4.69, 9.17) is 16.3 Å². The summed E-state index contributed by atoms with van der Waals surface area (Å²) in [6.45, 7) is 4.44. The minimum atomic E-state index is -1.10. The Morgan fingerprint density at radius 3 is 2.54 bits per heavy atom. The zero-order chi connectivity index (χ0) is 24.5. The normalized spacial score (nSPS) is 39.6. The molecule has 2 bridgehead atoms. The number of benzene rings is 1. The highest BCUT2D eigenvalue weighted by atomic mass is 35.5. The summed E-state index contributed by atoms with van der Waals surface area (Å²) >= 11 is 5.97. The van der Waals surface area contributed by atoms with Gasteiger partial charge in [-0.15, -0.1) is 0 Å². The molecule has 1 spiro atoms. The van der Waals surface area contributed by atoms with Crippen molar-refractivity contribution in [3.8, 4) is 0 Å². The fraction of sp³-hybridized carbons (Fsp3) is 0.593. The van der Waals surface area contributed by atoms with Crippen LogP contribution in [0, 0.1) is 23.7 Å². The summed E-state index contributed by atoms with van der Waals surface area (Å²) in [7, 11) is 0. The molecule has 5 aliphatic rings. The Morgan fingerprint density at radius 1 is 1.09 bits per heavy atom. The van der Waals surface area contributed by atoms with E-state index in [1.54, 1.807) is 29.2 Å². The number of likely N-dealkylation sites (tertiary alicyclic amines) is 1. The van der Waals surface area contributed by atoms with E-state index in [-0.39, 0.29) is 29.8 Å². The van der Waals surface area contributed by atoms with E-state index in [0.717, 1.165) is 25.7 Å². The number of fused-ring (bicyclic) bond motifs is 1. The molecular weight excluding hydrogens is 466 g/mol. The molecule has 3 amide bonds. The van der Waals surface area contributed by atoms with Crippen molar-refractivity contribution in [1.29, 1.82) is 0 Å². The van der Waals surface area contributed by atoms with Gasteiger partial charge in [-0.1, -0.05) is 50.4 Å². The summed E-state index contributed by atoms with van der Waals surface area (Å²) in [6.07, 6.45) is 8.18. The zero-order valence-corrected chi connectivity index (χ0v) is 20.8. The topological polar surface area (TPSA) is 87.7 Å². The Bertz CT molecular complexity index is 1090. The van der Waals surface area contributed by atoms with Crippen LogP contribution in [0.4, 0.5) is 5.69 Å². The summed E-state index contributed by atoms with van der Waals surface area (Å²) in [4.78, 5) is 42.8. The molecule has 8 atom stereocenters. The molecule has 2 saturated carbocycles. The van der Waals surface area contributed by atoms with E-state index >= 15 is 0 Å². The van der Waals surface area contributed by atoms with Crippen LogP contribution in [0.25, 0.3) is 0 Å². The lowest BCUT2D eigenvalue weighted by Gasteiger charge is -2.38. The van der Waals surface area contributed by atoms with Gasteiger partial charge in [0.1, 0.15) is 11.6 Å². The molecule has 8 heteroatoms. The monoisotopic (exact) mass is 497 g/mol. The second-order valence-electron chi connectivity index (χ2n) is 11.1. The number of amides is 3. The van der Waals surface area contributed by atoms with Gasteiger partial charge in [-0.2, -0.15) is 0 Å². The van der Waals surface area contributed by atoms with Gasteiger partial charge in [0.15, 0.2) is 0 Å². The van der Waals surface area contributed by atoms with Gasteiger partial charge in [0, 0.05) is 22.8 Å². The van der Waals surface area contributed by atoms with E-state index in [1.807, 2.05) is 12.2 Å². The summed E-state index contributed by atoms with van der Waals surface area (Å²) in [5.41, 5.74) is -0.487. The summed E-state index contributed by atoms with van der Waals surface area (Å²) in [6, 6.07) is 6.26. The third-order valence-corrected chi connectivity index (χ3v) is 9.20. The largest absolute Gasteiger partial charge is 0.359 e. The van der Waals surface area contributed by atoms with Crippen LogP contribution in [0.3, 0.4) is 0 Å². The number of ether oxygens (including phenoxy) is 1. The summed E-state index contributed by atoms with van der Waals surface area (Å²) in [5, 5.41) is 6.80. The Morgan fingerprint density at radius 2 is 1.83 bits per heavy atom. The minimum absolute atomic E-state index is 0.0388. The number of carbonyl (C=O) groups is 3. The Balaban J connectivity index is 1.28. The standard InChI is InChI=1S/C27H32ClN3O4/c1-14-4-3-5-19(15(14)2)30-25(33)23-27-13-12-20(35-27)21(22(27)26(34)31(23)18-10-11-18)24(32)29-17-8-6-16(28)7-9-17/h6-9,12-15,18-23H,3-5,10-11H2,1-2H3,(H,29,32)(H,30,33)/t14-,15+,19+,20-,21-,22-,23+,27+/m1/s1. The first-order valence-electron chi connectivity index (χ1n) is 12.9. The second kappa shape index (κ2) is 8.34. The van der Waals surface area contributed by atoms with Crippen LogP contribution in [0.15, 0.2) is 36.4 Å². The van der Waals surface area contributed by atoms with Gasteiger partial charge in [-0.05, 0) is 55.4 Å². The molecule has 2 N–H and O–H groups in total. The van der Waals surface area contributed by atoms with Crippen LogP contribution in [0.5, 0.6) is 0 Å². The van der Waals surface area contributed by atoms with Gasteiger partial charge in [-0.3, -0.25) is 14.4 Å². The molecule has 186 valence electrons. The van der Waals surface area contributed by atoms with Crippen LogP contribution in [0.1, 0.15) is 46.0 Å². The maximum atomic E-state index is 13.8. The molecule has 0 unspecified atom stereocenters. The molecule has 3 heterocycles. The molecule has 2 saturated heterocycles. The van der Waals surface area contributed by atoms with Gasteiger partial charge in [-0.25, -0.2) is 0 Å². The first-order chi connectivity index (χ1) is 16.8. The van der Waals surface area contributed by atoms with Crippen molar-refractivity contribution in [2.24, 2.45) is 23.7 Å². The number of nitrogens with zero attached hydrogens (tertiary/aromatic N) is 1. The van der Waals surface area contributed by atoms with Gasteiger partial charge >= 0.3 is 0 Å². The van der Waals surface area contributed by atoms with Crippen molar-refractivity contribution in [3.05, 3.63) is 41.4 Å². The predicted molar refractivity (Wildman–Crippen MR) is 132 cm³/mol.